The molecule has 1 rings (SSSR count). The Balaban J connectivity index is 2.70. The van der Waals surface area contributed by atoms with Gasteiger partial charge in [0, 0.05) is 33.2 Å². The van der Waals surface area contributed by atoms with Crippen LogP contribution in [0.25, 0.3) is 0 Å². The number of methoxy groups -OCH3 is 1. The average molecular weight is 370 g/mol. The number of nitrogens with one attached hydrogen (secondary N) is 2. The van der Waals surface area contributed by atoms with Crippen molar-refractivity contribution in [1.29, 1.82) is 0 Å². The monoisotopic (exact) mass is 369 g/mol. The first-order valence-corrected chi connectivity index (χ1v) is 9.58. The van der Waals surface area contributed by atoms with E-state index in [0.29, 0.717) is 44.8 Å². The molecule has 150 valence electrons. The molecular weight excluding hydrogens is 334 g/mol. The lowest BCUT2D eigenvalue weighted by molar-refractivity contribution is -0.137. The molecule has 0 saturated carbocycles. The van der Waals surface area contributed by atoms with Crippen molar-refractivity contribution in [3.05, 3.63) is 0 Å². The molecule has 0 aromatic rings. The van der Waals surface area contributed by atoms with Crippen LogP contribution in [0.3, 0.4) is 0 Å². The van der Waals surface area contributed by atoms with Crippen LogP contribution in [0.2, 0.25) is 0 Å². The highest BCUT2D eigenvalue weighted by molar-refractivity contribution is 5.88. The van der Waals surface area contributed by atoms with Crippen LogP contribution in [0, 0.1) is 17.8 Å². The van der Waals surface area contributed by atoms with Crippen LogP contribution in [-0.4, -0.2) is 62.0 Å². The highest BCUT2D eigenvalue weighted by Gasteiger charge is 2.33. The summed E-state index contributed by atoms with van der Waals surface area (Å²) in [6, 6.07) is -0.542. The van der Waals surface area contributed by atoms with Crippen molar-refractivity contribution in [3.63, 3.8) is 0 Å². The van der Waals surface area contributed by atoms with Gasteiger partial charge >= 0.3 is 0 Å². The number of carbonyl (C=O) groups excluding carboxylic acids is 3. The summed E-state index contributed by atoms with van der Waals surface area (Å²) < 4.78 is 4.90. The number of rotatable bonds is 9. The van der Waals surface area contributed by atoms with Gasteiger partial charge in [-0.15, -0.1) is 0 Å². The molecule has 0 bridgehead atoms. The summed E-state index contributed by atoms with van der Waals surface area (Å²) in [5.41, 5.74) is 0. The Kier molecular flexibility index (Phi) is 9.62. The third kappa shape index (κ3) is 7.72. The van der Waals surface area contributed by atoms with Crippen LogP contribution in [0.4, 0.5) is 0 Å². The first kappa shape index (κ1) is 22.4. The summed E-state index contributed by atoms with van der Waals surface area (Å²) in [5, 5.41) is 5.87. The highest BCUT2D eigenvalue weighted by atomic mass is 16.5. The van der Waals surface area contributed by atoms with Gasteiger partial charge < -0.3 is 20.3 Å². The van der Waals surface area contributed by atoms with Gasteiger partial charge in [0.25, 0.3) is 0 Å². The fourth-order valence-electron chi connectivity index (χ4n) is 3.11. The first-order valence-electron chi connectivity index (χ1n) is 9.58. The summed E-state index contributed by atoms with van der Waals surface area (Å²) in [6.07, 6.45) is 1.79. The van der Waals surface area contributed by atoms with E-state index in [1.54, 1.807) is 4.90 Å². The number of piperidine rings is 1. The maximum atomic E-state index is 12.7. The van der Waals surface area contributed by atoms with Gasteiger partial charge in [-0.2, -0.15) is 0 Å². The molecule has 0 aromatic heterocycles. The molecule has 0 aromatic carbocycles. The Morgan fingerprint density at radius 1 is 1.08 bits per heavy atom. The molecule has 0 spiro atoms. The molecule has 1 aliphatic rings. The fourth-order valence-corrected chi connectivity index (χ4v) is 3.11. The molecule has 2 N–H and O–H groups in total. The van der Waals surface area contributed by atoms with E-state index in [1.165, 1.54) is 7.11 Å². The van der Waals surface area contributed by atoms with E-state index in [2.05, 4.69) is 10.6 Å². The van der Waals surface area contributed by atoms with Crippen molar-refractivity contribution in [2.75, 3.05) is 33.4 Å². The second-order valence-corrected chi connectivity index (χ2v) is 7.93. The second-order valence-electron chi connectivity index (χ2n) is 7.93. The molecule has 1 heterocycles. The van der Waals surface area contributed by atoms with Crippen LogP contribution >= 0.6 is 0 Å². The van der Waals surface area contributed by atoms with E-state index in [9.17, 15) is 14.4 Å². The van der Waals surface area contributed by atoms with Gasteiger partial charge in [0.1, 0.15) is 12.6 Å². The fraction of sp³-hybridized carbons (Fsp3) is 0.842. The lowest BCUT2D eigenvalue weighted by atomic mass is 9.88. The molecule has 3 amide bonds. The van der Waals surface area contributed by atoms with Crippen LogP contribution in [0.1, 0.15) is 47.0 Å². The van der Waals surface area contributed by atoms with E-state index in [-0.39, 0.29) is 36.2 Å². The molecule has 1 saturated heterocycles. The van der Waals surface area contributed by atoms with Gasteiger partial charge in [0.05, 0.1) is 0 Å². The van der Waals surface area contributed by atoms with Crippen LogP contribution < -0.4 is 10.6 Å². The van der Waals surface area contributed by atoms with E-state index >= 15 is 0 Å². The number of ether oxygens (including phenoxy) is 1. The lowest BCUT2D eigenvalue weighted by Gasteiger charge is -2.36. The van der Waals surface area contributed by atoms with Crippen molar-refractivity contribution in [2.24, 2.45) is 17.8 Å². The normalized spacial score (nSPS) is 16.7. The molecule has 0 radical (unpaired) electrons. The minimum atomic E-state index is -0.542. The standard InChI is InChI=1S/C19H35N3O4/c1-13(2)10-16(23)21-18(19(25)20-11-14(3)4)15-6-8-22(9-7-15)17(24)12-26-5/h13-15,18H,6-12H2,1-5H3,(H,20,25)(H,21,23). The van der Waals surface area contributed by atoms with Gasteiger partial charge in [-0.1, -0.05) is 27.7 Å². The molecule has 7 heteroatoms. The number of carbonyl (C=O) groups is 3. The minimum Gasteiger partial charge on any atom is -0.375 e. The molecule has 1 aliphatic heterocycles. The molecule has 1 fully saturated rings. The molecule has 0 aliphatic carbocycles. The topological polar surface area (TPSA) is 87.7 Å². The Morgan fingerprint density at radius 2 is 1.69 bits per heavy atom. The zero-order valence-electron chi connectivity index (χ0n) is 16.8. The second kappa shape index (κ2) is 11.2. The maximum absolute atomic E-state index is 12.7. The van der Waals surface area contributed by atoms with Crippen molar-refractivity contribution in [1.82, 2.24) is 15.5 Å². The number of hydrogen-bond acceptors (Lipinski definition) is 4. The quantitative estimate of drug-likeness (QED) is 0.639. The zero-order chi connectivity index (χ0) is 19.7. The summed E-state index contributed by atoms with van der Waals surface area (Å²) >= 11 is 0. The lowest BCUT2D eigenvalue weighted by Crippen LogP contribution is -2.54. The van der Waals surface area contributed by atoms with E-state index < -0.39 is 6.04 Å². The van der Waals surface area contributed by atoms with Crippen molar-refractivity contribution in [3.8, 4) is 0 Å². The Labute approximate surface area is 157 Å². The smallest absolute Gasteiger partial charge is 0.248 e. The number of nitrogens with zero attached hydrogens (tertiary/aromatic N) is 1. The van der Waals surface area contributed by atoms with Crippen LogP contribution in [0.15, 0.2) is 0 Å². The van der Waals surface area contributed by atoms with Crippen molar-refractivity contribution < 1.29 is 19.1 Å². The summed E-state index contributed by atoms with van der Waals surface area (Å²) in [7, 11) is 1.50. The Morgan fingerprint density at radius 3 is 2.19 bits per heavy atom. The summed E-state index contributed by atoms with van der Waals surface area (Å²) in [6.45, 7) is 9.86. The van der Waals surface area contributed by atoms with Gasteiger partial charge in [0.2, 0.25) is 17.7 Å². The van der Waals surface area contributed by atoms with E-state index in [0.717, 1.165) is 0 Å². The highest BCUT2D eigenvalue weighted by Crippen LogP contribution is 2.22. The largest absolute Gasteiger partial charge is 0.375 e. The van der Waals surface area contributed by atoms with E-state index in [4.69, 9.17) is 4.74 Å². The Bertz CT molecular complexity index is 471. The Hall–Kier alpha value is -1.63. The number of likely N-dealkylation sites (tertiary alicyclic amines) is 1. The molecular formula is C19H35N3O4. The van der Waals surface area contributed by atoms with Gasteiger partial charge in [0.15, 0.2) is 0 Å². The number of hydrogen-bond donors (Lipinski definition) is 2. The maximum Gasteiger partial charge on any atom is 0.248 e. The predicted molar refractivity (Wildman–Crippen MR) is 100 cm³/mol. The van der Waals surface area contributed by atoms with Gasteiger partial charge in [-0.05, 0) is 30.6 Å². The van der Waals surface area contributed by atoms with Gasteiger partial charge in [-0.25, -0.2) is 0 Å². The van der Waals surface area contributed by atoms with Crippen LogP contribution in [0.5, 0.6) is 0 Å². The summed E-state index contributed by atoms with van der Waals surface area (Å²) in [4.78, 5) is 38.6. The zero-order valence-corrected chi connectivity index (χ0v) is 16.8. The van der Waals surface area contributed by atoms with Crippen molar-refractivity contribution >= 4 is 17.7 Å². The SMILES string of the molecule is COCC(=O)N1CCC(C(NC(=O)CC(C)C)C(=O)NCC(C)C)CC1. The molecule has 1 atom stereocenters. The molecule has 7 nitrogen and oxygen atoms in total. The minimum absolute atomic E-state index is 0.0318. The first-order chi connectivity index (χ1) is 12.2. The molecule has 26 heavy (non-hydrogen) atoms. The third-order valence-electron chi connectivity index (χ3n) is 4.51. The van der Waals surface area contributed by atoms with Gasteiger partial charge in [-0.3, -0.25) is 14.4 Å². The average Bonchev–Trinajstić information content (AvgIpc) is 2.57. The molecule has 1 unspecified atom stereocenters. The van der Waals surface area contributed by atoms with Crippen LogP contribution in [-0.2, 0) is 19.1 Å². The predicted octanol–water partition coefficient (Wildman–Crippen LogP) is 1.17. The third-order valence-corrected chi connectivity index (χ3v) is 4.51. The van der Waals surface area contributed by atoms with E-state index in [1.807, 2.05) is 27.7 Å². The number of amides is 3. The summed E-state index contributed by atoms with van der Waals surface area (Å²) in [5.74, 6) is 0.364. The van der Waals surface area contributed by atoms with Crippen molar-refractivity contribution in [2.45, 2.75) is 53.0 Å².